The molecule has 1 aromatic heterocycles. The summed E-state index contributed by atoms with van der Waals surface area (Å²) in [5.74, 6) is 0. The van der Waals surface area contributed by atoms with Crippen LogP contribution in [0.15, 0.2) is 11.2 Å². The molecule has 0 radical (unpaired) electrons. The van der Waals surface area contributed by atoms with Gasteiger partial charge in [-0.05, 0) is 6.42 Å². The molecule has 1 aliphatic heterocycles. The Morgan fingerprint density at radius 2 is 2.33 bits per heavy atom. The molecule has 0 saturated carbocycles. The molecule has 0 amide bonds. The molecule has 1 saturated heterocycles. The fourth-order valence-electron chi connectivity index (χ4n) is 1.40. The molecular formula is C7H10ClN3O3S. The third kappa shape index (κ3) is 1.76. The van der Waals surface area contributed by atoms with E-state index in [1.165, 1.54) is 17.9 Å². The number of nitrogens with zero attached hydrogens (tertiary/aromatic N) is 3. The van der Waals surface area contributed by atoms with Crippen molar-refractivity contribution < 1.29 is 13.3 Å². The van der Waals surface area contributed by atoms with Gasteiger partial charge in [-0.25, -0.2) is 8.42 Å². The Balaban J connectivity index is 2.45. The molecule has 0 aromatic carbocycles. The number of aryl methyl sites for hydroxylation is 1. The number of hydroxylamine groups is 1. The van der Waals surface area contributed by atoms with E-state index in [1.807, 2.05) is 0 Å². The van der Waals surface area contributed by atoms with Crippen LogP contribution < -0.4 is 0 Å². The van der Waals surface area contributed by atoms with E-state index in [-0.39, 0.29) is 10.0 Å². The van der Waals surface area contributed by atoms with E-state index in [1.54, 1.807) is 0 Å². The second-order valence-corrected chi connectivity index (χ2v) is 5.29. The van der Waals surface area contributed by atoms with Gasteiger partial charge in [0.05, 0.1) is 17.8 Å². The molecule has 0 aliphatic carbocycles. The molecule has 1 aliphatic rings. The van der Waals surface area contributed by atoms with Crippen molar-refractivity contribution in [1.29, 1.82) is 0 Å². The molecule has 1 aromatic rings. The molecule has 2 heterocycles. The van der Waals surface area contributed by atoms with Gasteiger partial charge in [-0.1, -0.05) is 16.1 Å². The fraction of sp³-hybridized carbons (Fsp3) is 0.571. The lowest BCUT2D eigenvalue weighted by atomic mass is 10.5. The van der Waals surface area contributed by atoms with E-state index in [0.717, 1.165) is 4.47 Å². The van der Waals surface area contributed by atoms with Gasteiger partial charge in [0, 0.05) is 13.6 Å². The quantitative estimate of drug-likeness (QED) is 0.763. The van der Waals surface area contributed by atoms with Gasteiger partial charge in [-0.15, -0.1) is 0 Å². The molecule has 0 bridgehead atoms. The largest absolute Gasteiger partial charge is 0.284 e. The second kappa shape index (κ2) is 3.75. The Kier molecular flexibility index (Phi) is 2.72. The summed E-state index contributed by atoms with van der Waals surface area (Å²) >= 11 is 5.76. The van der Waals surface area contributed by atoms with Crippen LogP contribution in [0.2, 0.25) is 5.02 Å². The van der Waals surface area contributed by atoms with Crippen LogP contribution in [0.5, 0.6) is 0 Å². The Hall–Kier alpha value is -0.630. The molecule has 0 atom stereocenters. The van der Waals surface area contributed by atoms with Gasteiger partial charge in [-0.2, -0.15) is 5.10 Å². The Labute approximate surface area is 92.4 Å². The summed E-state index contributed by atoms with van der Waals surface area (Å²) in [7, 11) is -2.15. The van der Waals surface area contributed by atoms with Crippen LogP contribution in [0.4, 0.5) is 0 Å². The fourth-order valence-corrected chi connectivity index (χ4v) is 3.31. The van der Waals surface area contributed by atoms with Crippen molar-refractivity contribution >= 4 is 21.6 Å². The summed E-state index contributed by atoms with van der Waals surface area (Å²) in [5.41, 5.74) is 0. The third-order valence-corrected chi connectivity index (χ3v) is 4.26. The summed E-state index contributed by atoms with van der Waals surface area (Å²) in [6, 6.07) is 0. The van der Waals surface area contributed by atoms with Crippen LogP contribution in [0.25, 0.3) is 0 Å². The van der Waals surface area contributed by atoms with Gasteiger partial charge >= 0.3 is 0 Å². The number of halogens is 1. The van der Waals surface area contributed by atoms with Gasteiger partial charge in [0.15, 0.2) is 5.03 Å². The van der Waals surface area contributed by atoms with Crippen LogP contribution in [0.3, 0.4) is 0 Å². The van der Waals surface area contributed by atoms with E-state index in [0.29, 0.717) is 19.6 Å². The smallest absolute Gasteiger partial charge is 0.283 e. The Morgan fingerprint density at radius 3 is 2.80 bits per heavy atom. The minimum Gasteiger partial charge on any atom is -0.284 e. The third-order valence-electron chi connectivity index (χ3n) is 2.08. The summed E-state index contributed by atoms with van der Waals surface area (Å²) in [4.78, 5) is 5.00. The molecule has 0 unspecified atom stereocenters. The van der Waals surface area contributed by atoms with Crippen molar-refractivity contribution in [3.8, 4) is 0 Å². The highest BCUT2D eigenvalue weighted by Crippen LogP contribution is 2.25. The zero-order valence-electron chi connectivity index (χ0n) is 8.05. The van der Waals surface area contributed by atoms with Crippen molar-refractivity contribution in [2.45, 2.75) is 11.4 Å². The van der Waals surface area contributed by atoms with Gasteiger partial charge in [-0.3, -0.25) is 9.52 Å². The van der Waals surface area contributed by atoms with Crippen LogP contribution in [-0.2, 0) is 21.9 Å². The van der Waals surface area contributed by atoms with Gasteiger partial charge in [0.2, 0.25) is 0 Å². The first-order valence-corrected chi connectivity index (χ1v) is 6.18. The maximum Gasteiger partial charge on any atom is 0.283 e. The van der Waals surface area contributed by atoms with Crippen molar-refractivity contribution in [3.63, 3.8) is 0 Å². The topological polar surface area (TPSA) is 64.4 Å². The number of hydrogen-bond acceptors (Lipinski definition) is 4. The predicted molar refractivity (Wildman–Crippen MR) is 52.7 cm³/mol. The highest BCUT2D eigenvalue weighted by molar-refractivity contribution is 7.89. The maximum atomic E-state index is 12.0. The SMILES string of the molecule is Cn1ncc(Cl)c1S(=O)(=O)N1CCCO1. The molecule has 0 spiro atoms. The van der Waals surface area contributed by atoms with Crippen molar-refractivity contribution in [3.05, 3.63) is 11.2 Å². The lowest BCUT2D eigenvalue weighted by Crippen LogP contribution is -2.28. The van der Waals surface area contributed by atoms with Gasteiger partial charge < -0.3 is 0 Å². The first-order chi connectivity index (χ1) is 7.03. The van der Waals surface area contributed by atoms with E-state index < -0.39 is 10.0 Å². The van der Waals surface area contributed by atoms with Crippen LogP contribution >= 0.6 is 11.6 Å². The second-order valence-electron chi connectivity index (χ2n) is 3.14. The minimum absolute atomic E-state index is 0.0360. The molecule has 0 N–H and O–H groups in total. The first kappa shape index (κ1) is 10.9. The summed E-state index contributed by atoms with van der Waals surface area (Å²) < 4.78 is 26.2. The summed E-state index contributed by atoms with van der Waals surface area (Å²) in [6.45, 7) is 0.762. The highest BCUT2D eigenvalue weighted by Gasteiger charge is 2.33. The zero-order valence-corrected chi connectivity index (χ0v) is 9.62. The molecular weight excluding hydrogens is 242 g/mol. The zero-order chi connectivity index (χ0) is 11.1. The van der Waals surface area contributed by atoms with Crippen LogP contribution in [0, 0.1) is 0 Å². The van der Waals surface area contributed by atoms with E-state index in [9.17, 15) is 8.42 Å². The highest BCUT2D eigenvalue weighted by atomic mass is 35.5. The molecule has 8 heteroatoms. The first-order valence-electron chi connectivity index (χ1n) is 4.36. The molecule has 15 heavy (non-hydrogen) atoms. The van der Waals surface area contributed by atoms with Gasteiger partial charge in [0.25, 0.3) is 10.0 Å². The lowest BCUT2D eigenvalue weighted by Gasteiger charge is -2.14. The normalized spacial score (nSPS) is 18.5. The van der Waals surface area contributed by atoms with E-state index in [2.05, 4.69) is 5.10 Å². The van der Waals surface area contributed by atoms with E-state index in [4.69, 9.17) is 16.4 Å². The lowest BCUT2D eigenvalue weighted by molar-refractivity contribution is -0.0288. The average molecular weight is 252 g/mol. The number of sulfonamides is 1. The monoisotopic (exact) mass is 251 g/mol. The Morgan fingerprint density at radius 1 is 1.60 bits per heavy atom. The average Bonchev–Trinajstić information content (AvgIpc) is 2.75. The molecule has 84 valence electrons. The number of hydrogen-bond donors (Lipinski definition) is 0. The summed E-state index contributed by atoms with van der Waals surface area (Å²) in [6.07, 6.45) is 1.99. The predicted octanol–water partition coefficient (Wildman–Crippen LogP) is 0.400. The van der Waals surface area contributed by atoms with Crippen molar-refractivity contribution in [2.75, 3.05) is 13.2 Å². The standard InChI is InChI=1S/C7H10ClN3O3S/c1-10-7(6(8)5-9-10)15(12,13)11-3-2-4-14-11/h5H,2-4H2,1H3. The van der Waals surface area contributed by atoms with E-state index >= 15 is 0 Å². The molecule has 2 rings (SSSR count). The maximum absolute atomic E-state index is 12.0. The molecule has 6 nitrogen and oxygen atoms in total. The minimum atomic E-state index is -3.68. The number of aromatic nitrogens is 2. The van der Waals surface area contributed by atoms with Gasteiger partial charge in [0.1, 0.15) is 0 Å². The van der Waals surface area contributed by atoms with Crippen molar-refractivity contribution in [1.82, 2.24) is 14.2 Å². The van der Waals surface area contributed by atoms with Crippen LogP contribution in [-0.4, -0.2) is 35.8 Å². The summed E-state index contributed by atoms with van der Waals surface area (Å²) in [5, 5.41) is 3.85. The molecule has 1 fully saturated rings. The number of rotatable bonds is 2. The van der Waals surface area contributed by atoms with Crippen molar-refractivity contribution in [2.24, 2.45) is 7.05 Å². The van der Waals surface area contributed by atoms with Crippen LogP contribution in [0.1, 0.15) is 6.42 Å². The Bertz CT molecular complexity index is 444.